The third kappa shape index (κ3) is 6.47. The van der Waals surface area contributed by atoms with Crippen LogP contribution in [-0.2, 0) is 24.3 Å². The Morgan fingerprint density at radius 3 is 2.80 bits per heavy atom. The van der Waals surface area contributed by atoms with Crippen LogP contribution >= 0.6 is 0 Å². The van der Waals surface area contributed by atoms with Gasteiger partial charge in [0.1, 0.15) is 5.82 Å². The number of rotatable bonds is 8. The number of nitrogens with zero attached hydrogens (tertiary/aromatic N) is 3. The Kier molecular flexibility index (Phi) is 8.19. The average molecular weight is 499 g/mol. The minimum absolute atomic E-state index is 0.0957. The third-order valence-electron chi connectivity index (χ3n) is 6.18. The first-order valence-electron chi connectivity index (χ1n) is 11.6. The molecule has 1 unspecified atom stereocenters. The third-order valence-corrected chi connectivity index (χ3v) is 6.96. The van der Waals surface area contributed by atoms with Crippen molar-refractivity contribution in [2.45, 2.75) is 43.8 Å². The lowest BCUT2D eigenvalue weighted by Crippen LogP contribution is -2.53. The molecule has 1 aliphatic heterocycles. The zero-order valence-corrected chi connectivity index (χ0v) is 20.7. The zero-order chi connectivity index (χ0) is 24.9. The van der Waals surface area contributed by atoms with Crippen molar-refractivity contribution in [3.8, 4) is 17.0 Å². The Balaban J connectivity index is 1.42. The van der Waals surface area contributed by atoms with E-state index in [1.165, 1.54) is 6.07 Å². The Morgan fingerprint density at radius 1 is 1.23 bits per heavy atom. The van der Waals surface area contributed by atoms with E-state index in [9.17, 15) is 14.0 Å². The van der Waals surface area contributed by atoms with E-state index in [0.29, 0.717) is 42.3 Å². The van der Waals surface area contributed by atoms with E-state index in [1.807, 2.05) is 12.1 Å². The molecule has 3 aromatic rings. The van der Waals surface area contributed by atoms with Gasteiger partial charge in [-0.1, -0.05) is 12.1 Å². The molecule has 0 radical (unpaired) electrons. The van der Waals surface area contributed by atoms with Gasteiger partial charge in [-0.15, -0.1) is 5.14 Å². The van der Waals surface area contributed by atoms with E-state index in [1.54, 1.807) is 30.5 Å². The SMILES string of the molecule is C[C@H]1CN(Cc2ccc(F)c(-c3ccnc(NCCc4ccc([S+](N)[O-])c(O)c4)n3)c2)[C@@H](C)CN1. The monoisotopic (exact) mass is 498 g/mol. The van der Waals surface area contributed by atoms with Crippen LogP contribution in [0, 0.1) is 5.82 Å². The summed E-state index contributed by atoms with van der Waals surface area (Å²) in [5.41, 5.74) is 2.84. The van der Waals surface area contributed by atoms with E-state index >= 15 is 0 Å². The van der Waals surface area contributed by atoms with Crippen LogP contribution in [-0.4, -0.2) is 56.2 Å². The summed E-state index contributed by atoms with van der Waals surface area (Å²) in [6.07, 6.45) is 2.18. The number of anilines is 1. The number of aromatic hydroxyl groups is 1. The Hall–Kier alpha value is -2.76. The Labute approximate surface area is 208 Å². The summed E-state index contributed by atoms with van der Waals surface area (Å²) in [4.78, 5) is 11.4. The van der Waals surface area contributed by atoms with Crippen molar-refractivity contribution in [1.29, 1.82) is 0 Å². The highest BCUT2D eigenvalue weighted by atomic mass is 32.2. The number of halogens is 1. The van der Waals surface area contributed by atoms with Gasteiger partial charge in [-0.05, 0) is 61.7 Å². The van der Waals surface area contributed by atoms with Crippen molar-refractivity contribution in [1.82, 2.24) is 20.2 Å². The first kappa shape index (κ1) is 25.3. The standard InChI is InChI=1S/C25H31FN6O2S/c1-16-14-32(17(2)13-30-16)15-19-3-5-21(26)20(11-19)22-8-10-29-25(31-22)28-9-7-18-4-6-24(35(27)34)23(33)12-18/h3-6,8,10-12,16-17,30,33H,7,9,13-15,27H2,1-2H3,(H,28,29,31)/t16-,17-,35?/m0/s1. The number of nitrogens with one attached hydrogen (secondary N) is 2. The molecule has 0 spiro atoms. The summed E-state index contributed by atoms with van der Waals surface area (Å²) in [6.45, 7) is 7.49. The summed E-state index contributed by atoms with van der Waals surface area (Å²) in [6, 6.07) is 12.6. The molecule has 0 amide bonds. The molecular weight excluding hydrogens is 467 g/mol. The van der Waals surface area contributed by atoms with Gasteiger partial charge in [0, 0.05) is 50.0 Å². The molecule has 8 nitrogen and oxygen atoms in total. The molecule has 0 saturated carbocycles. The number of nitrogens with two attached hydrogens (primary N) is 1. The number of benzene rings is 2. The molecule has 4 rings (SSSR count). The number of phenolic OH excluding ortho intramolecular Hbond substituents is 1. The maximum Gasteiger partial charge on any atom is 0.223 e. The number of phenols is 1. The molecule has 10 heteroatoms. The van der Waals surface area contributed by atoms with Crippen LogP contribution in [0.3, 0.4) is 0 Å². The lowest BCUT2D eigenvalue weighted by atomic mass is 10.0. The van der Waals surface area contributed by atoms with Crippen molar-refractivity contribution in [3.63, 3.8) is 0 Å². The molecule has 1 saturated heterocycles. The highest BCUT2D eigenvalue weighted by Gasteiger charge is 2.22. The second kappa shape index (κ2) is 11.3. The molecule has 0 aliphatic carbocycles. The average Bonchev–Trinajstić information content (AvgIpc) is 2.82. The lowest BCUT2D eigenvalue weighted by Gasteiger charge is -2.37. The normalized spacial score (nSPS) is 19.5. The summed E-state index contributed by atoms with van der Waals surface area (Å²) >= 11 is -1.74. The summed E-state index contributed by atoms with van der Waals surface area (Å²) < 4.78 is 26.1. The fourth-order valence-corrected chi connectivity index (χ4v) is 4.69. The van der Waals surface area contributed by atoms with Gasteiger partial charge in [0.25, 0.3) is 0 Å². The largest absolute Gasteiger partial charge is 0.593 e. The fraction of sp³-hybridized carbons (Fsp3) is 0.360. The van der Waals surface area contributed by atoms with Crippen LogP contribution in [0.15, 0.2) is 53.6 Å². The van der Waals surface area contributed by atoms with Gasteiger partial charge in [-0.2, -0.15) is 0 Å². The molecule has 35 heavy (non-hydrogen) atoms. The van der Waals surface area contributed by atoms with E-state index in [2.05, 4.69) is 39.3 Å². The van der Waals surface area contributed by atoms with Gasteiger partial charge in [-0.3, -0.25) is 4.90 Å². The molecular formula is C25H31FN6O2S. The minimum Gasteiger partial charge on any atom is -0.593 e. The van der Waals surface area contributed by atoms with Gasteiger partial charge in [0.05, 0.1) is 17.1 Å². The number of piperazine rings is 1. The second-order valence-electron chi connectivity index (χ2n) is 8.94. The predicted octanol–water partition coefficient (Wildman–Crippen LogP) is 2.81. The van der Waals surface area contributed by atoms with Crippen LogP contribution in [0.25, 0.3) is 11.3 Å². The maximum atomic E-state index is 14.7. The molecule has 1 aliphatic rings. The minimum atomic E-state index is -1.74. The van der Waals surface area contributed by atoms with Crippen LogP contribution in [0.5, 0.6) is 5.75 Å². The number of hydrogen-bond acceptors (Lipinski definition) is 8. The summed E-state index contributed by atoms with van der Waals surface area (Å²) in [5, 5.41) is 21.9. The zero-order valence-electron chi connectivity index (χ0n) is 19.9. The molecule has 186 valence electrons. The first-order chi connectivity index (χ1) is 16.8. The summed E-state index contributed by atoms with van der Waals surface area (Å²) in [7, 11) is 0. The quantitative estimate of drug-likeness (QED) is 0.350. The molecule has 2 aromatic carbocycles. The number of aromatic nitrogens is 2. The molecule has 1 fully saturated rings. The topological polar surface area (TPSA) is 122 Å². The summed E-state index contributed by atoms with van der Waals surface area (Å²) in [5.74, 6) is -0.0321. The molecule has 2 heterocycles. The smallest absolute Gasteiger partial charge is 0.223 e. The maximum absolute atomic E-state index is 14.7. The van der Waals surface area contributed by atoms with Crippen LogP contribution in [0.4, 0.5) is 10.3 Å². The second-order valence-corrected chi connectivity index (χ2v) is 9.98. The fourth-order valence-electron chi connectivity index (χ4n) is 4.22. The van der Waals surface area contributed by atoms with E-state index in [-0.39, 0.29) is 16.5 Å². The van der Waals surface area contributed by atoms with E-state index in [0.717, 1.165) is 30.8 Å². The van der Waals surface area contributed by atoms with Crippen molar-refractivity contribution >= 4 is 17.3 Å². The van der Waals surface area contributed by atoms with Crippen molar-refractivity contribution in [2.75, 3.05) is 25.0 Å². The molecule has 5 N–H and O–H groups in total. The van der Waals surface area contributed by atoms with E-state index in [4.69, 9.17) is 5.14 Å². The van der Waals surface area contributed by atoms with Gasteiger partial charge in [-0.25, -0.2) is 14.4 Å². The van der Waals surface area contributed by atoms with Gasteiger partial charge in [0.15, 0.2) is 5.75 Å². The lowest BCUT2D eigenvalue weighted by molar-refractivity contribution is 0.139. The van der Waals surface area contributed by atoms with Crippen molar-refractivity contribution in [3.05, 3.63) is 65.6 Å². The van der Waals surface area contributed by atoms with E-state index < -0.39 is 11.4 Å². The highest BCUT2D eigenvalue weighted by Crippen LogP contribution is 2.25. The predicted molar refractivity (Wildman–Crippen MR) is 136 cm³/mol. The molecule has 1 aromatic heterocycles. The highest BCUT2D eigenvalue weighted by molar-refractivity contribution is 7.89. The Bertz CT molecular complexity index is 1160. The van der Waals surface area contributed by atoms with Gasteiger partial charge >= 0.3 is 0 Å². The van der Waals surface area contributed by atoms with Crippen LogP contribution in [0.1, 0.15) is 25.0 Å². The van der Waals surface area contributed by atoms with Gasteiger partial charge < -0.3 is 20.3 Å². The van der Waals surface area contributed by atoms with Crippen LogP contribution < -0.4 is 15.8 Å². The molecule has 3 atom stereocenters. The van der Waals surface area contributed by atoms with Gasteiger partial charge in [0.2, 0.25) is 10.8 Å². The molecule has 0 bridgehead atoms. The Morgan fingerprint density at radius 2 is 2.03 bits per heavy atom. The van der Waals surface area contributed by atoms with Crippen molar-refractivity contribution in [2.24, 2.45) is 5.14 Å². The first-order valence-corrected chi connectivity index (χ1v) is 12.8. The number of hydrogen-bond donors (Lipinski definition) is 4. The van der Waals surface area contributed by atoms with Crippen LogP contribution in [0.2, 0.25) is 0 Å². The van der Waals surface area contributed by atoms with Crippen molar-refractivity contribution < 1.29 is 14.0 Å².